The van der Waals surface area contributed by atoms with Gasteiger partial charge in [-0.1, -0.05) is 11.6 Å². The van der Waals surface area contributed by atoms with Crippen molar-refractivity contribution in [3.63, 3.8) is 0 Å². The molecule has 15 heavy (non-hydrogen) atoms. The zero-order valence-corrected chi connectivity index (χ0v) is 8.91. The molecule has 1 aromatic heterocycles. The van der Waals surface area contributed by atoms with E-state index in [9.17, 15) is 4.79 Å². The van der Waals surface area contributed by atoms with E-state index < -0.39 is 0 Å². The summed E-state index contributed by atoms with van der Waals surface area (Å²) in [4.78, 5) is 19.8. The van der Waals surface area contributed by atoms with Gasteiger partial charge in [-0.25, -0.2) is 4.79 Å². The predicted octanol–water partition coefficient (Wildman–Crippen LogP) is 0.0820. The van der Waals surface area contributed by atoms with Gasteiger partial charge in [0.15, 0.2) is 0 Å². The largest absolute Gasteiger partial charge is 0.463 e. The Morgan fingerprint density at radius 3 is 3.20 bits per heavy atom. The first-order valence-electron chi connectivity index (χ1n) is 4.59. The fourth-order valence-corrected chi connectivity index (χ4v) is 1.62. The maximum absolute atomic E-state index is 11.5. The van der Waals surface area contributed by atoms with Gasteiger partial charge < -0.3 is 4.74 Å². The number of esters is 1. The van der Waals surface area contributed by atoms with Crippen molar-refractivity contribution < 1.29 is 9.53 Å². The fraction of sp³-hybridized carbons (Fsp3) is 0.300. The second-order valence-electron chi connectivity index (χ2n) is 3.01. The van der Waals surface area contributed by atoms with Crippen molar-refractivity contribution in [2.75, 3.05) is 13.2 Å². The molecule has 0 bridgehead atoms. The molecule has 0 aromatic carbocycles. The number of hydrogen-bond donors (Lipinski definition) is 0. The zero-order valence-electron chi connectivity index (χ0n) is 8.16. The third kappa shape index (κ3) is 1.72. The first-order chi connectivity index (χ1) is 7.24. The van der Waals surface area contributed by atoms with Gasteiger partial charge >= 0.3 is 5.97 Å². The lowest BCUT2D eigenvalue weighted by Gasteiger charge is -1.99. The van der Waals surface area contributed by atoms with Gasteiger partial charge in [0, 0.05) is 6.20 Å². The van der Waals surface area contributed by atoms with Crippen LogP contribution in [0.4, 0.5) is 0 Å². The number of hydrogen-bond acceptors (Lipinski definition) is 4. The Hall–Kier alpha value is -1.42. The number of rotatable bonds is 2. The summed E-state index contributed by atoms with van der Waals surface area (Å²) in [6.45, 7) is 2.40. The average Bonchev–Trinajstić information content (AvgIpc) is 2.63. The molecule has 0 unspecified atom stereocenters. The maximum atomic E-state index is 11.5. The van der Waals surface area contributed by atoms with Crippen molar-refractivity contribution in [2.45, 2.75) is 6.92 Å². The molecule has 1 aliphatic heterocycles. The molecule has 0 saturated carbocycles. The number of halogens is 1. The van der Waals surface area contributed by atoms with E-state index in [1.807, 2.05) is 0 Å². The average molecular weight is 225 g/mol. The van der Waals surface area contributed by atoms with E-state index in [-0.39, 0.29) is 5.97 Å². The zero-order chi connectivity index (χ0) is 10.8. The third-order valence-electron chi connectivity index (χ3n) is 2.08. The Balaban J connectivity index is 2.57. The lowest BCUT2D eigenvalue weighted by atomic mass is 10.2. The molecule has 2 rings (SSSR count). The first-order valence-corrected chi connectivity index (χ1v) is 4.97. The van der Waals surface area contributed by atoms with Gasteiger partial charge in [-0.15, -0.1) is 0 Å². The van der Waals surface area contributed by atoms with Crippen LogP contribution in [0.25, 0.3) is 5.57 Å². The van der Waals surface area contributed by atoms with Gasteiger partial charge in [0.2, 0.25) is 0 Å². The molecule has 0 radical (unpaired) electrons. The number of carbonyl (C=O) groups is 1. The van der Waals surface area contributed by atoms with E-state index in [0.29, 0.717) is 34.5 Å². The molecule has 0 spiro atoms. The van der Waals surface area contributed by atoms with Crippen LogP contribution in [0.3, 0.4) is 0 Å². The van der Waals surface area contributed by atoms with Crippen LogP contribution < -0.4 is 10.7 Å². The molecule has 1 aliphatic rings. The second kappa shape index (κ2) is 3.98. The Bertz CT molecular complexity index is 525. The van der Waals surface area contributed by atoms with Crippen LogP contribution in [0.15, 0.2) is 17.3 Å². The van der Waals surface area contributed by atoms with Crippen LogP contribution in [0.5, 0.6) is 0 Å². The fourth-order valence-electron chi connectivity index (χ4n) is 1.41. The molecule has 78 valence electrons. The minimum atomic E-state index is -0.366. The molecule has 2 heterocycles. The first kappa shape index (κ1) is 10.1. The topological polar surface area (TPSA) is 51.5 Å². The van der Waals surface area contributed by atoms with Gasteiger partial charge in [0.25, 0.3) is 0 Å². The van der Waals surface area contributed by atoms with Crippen molar-refractivity contribution >= 4 is 23.1 Å². The van der Waals surface area contributed by atoms with E-state index >= 15 is 0 Å². The summed E-state index contributed by atoms with van der Waals surface area (Å²) in [6.07, 6.45) is 1.56. The van der Waals surface area contributed by atoms with Gasteiger partial charge in [-0.3, -0.25) is 9.98 Å². The minimum Gasteiger partial charge on any atom is -0.463 e. The summed E-state index contributed by atoms with van der Waals surface area (Å²) in [5, 5.41) is 1.64. The molecule has 0 amide bonds. The number of carbonyl (C=O) groups excluding carboxylic acids is 1. The number of aromatic nitrogens is 1. The molecular formula is C10H9ClN2O2. The molecule has 0 fully saturated rings. The van der Waals surface area contributed by atoms with Gasteiger partial charge in [-0.2, -0.15) is 0 Å². The standard InChI is InChI=1S/C10H9ClN2O2/c1-2-15-10(14)6-5-13-9-7(11)3-4-12-8(6)9/h3-4H,2,5H2,1H3. The van der Waals surface area contributed by atoms with Gasteiger partial charge in [-0.05, 0) is 13.0 Å². The quantitative estimate of drug-likeness (QED) is 0.669. The van der Waals surface area contributed by atoms with E-state index in [1.54, 1.807) is 19.2 Å². The highest BCUT2D eigenvalue weighted by Crippen LogP contribution is 2.03. The molecular weight excluding hydrogens is 216 g/mol. The summed E-state index contributed by atoms with van der Waals surface area (Å²) >= 11 is 5.92. The molecule has 1 aromatic rings. The smallest absolute Gasteiger partial charge is 0.338 e. The van der Waals surface area contributed by atoms with Crippen LogP contribution >= 0.6 is 11.6 Å². The summed E-state index contributed by atoms with van der Waals surface area (Å²) in [6, 6.07) is 1.65. The van der Waals surface area contributed by atoms with E-state index in [2.05, 4.69) is 9.98 Å². The molecule has 0 atom stereocenters. The lowest BCUT2D eigenvalue weighted by molar-refractivity contribution is -0.136. The molecule has 0 aliphatic carbocycles. The highest BCUT2D eigenvalue weighted by Gasteiger charge is 2.17. The van der Waals surface area contributed by atoms with Gasteiger partial charge in [0.1, 0.15) is 10.7 Å². The van der Waals surface area contributed by atoms with Crippen LogP contribution in [0.2, 0.25) is 5.02 Å². The summed E-state index contributed by atoms with van der Waals surface area (Å²) in [7, 11) is 0. The van der Waals surface area contributed by atoms with Crippen molar-refractivity contribution in [3.8, 4) is 0 Å². The van der Waals surface area contributed by atoms with Crippen LogP contribution in [0.1, 0.15) is 6.92 Å². The SMILES string of the molecule is CCOC(=O)C1=c2nccc(Cl)c2=NC1. The Kier molecular flexibility index (Phi) is 2.68. The minimum absolute atomic E-state index is 0.297. The number of ether oxygens (including phenoxy) is 1. The van der Waals surface area contributed by atoms with E-state index in [4.69, 9.17) is 16.3 Å². The summed E-state index contributed by atoms with van der Waals surface area (Å²) in [5.41, 5.74) is 0.481. The second-order valence-corrected chi connectivity index (χ2v) is 3.41. The number of nitrogens with zero attached hydrogens (tertiary/aromatic N) is 2. The van der Waals surface area contributed by atoms with Crippen molar-refractivity contribution in [1.82, 2.24) is 4.98 Å². The lowest BCUT2D eigenvalue weighted by Crippen LogP contribution is -2.30. The third-order valence-corrected chi connectivity index (χ3v) is 2.38. The Morgan fingerprint density at radius 2 is 2.47 bits per heavy atom. The Morgan fingerprint density at radius 1 is 1.67 bits per heavy atom. The normalized spacial score (nSPS) is 13.3. The number of fused-ring (bicyclic) bond motifs is 1. The summed E-state index contributed by atoms with van der Waals surface area (Å²) < 4.78 is 4.90. The van der Waals surface area contributed by atoms with Crippen molar-refractivity contribution in [1.29, 1.82) is 0 Å². The maximum Gasteiger partial charge on any atom is 0.338 e. The monoisotopic (exact) mass is 224 g/mol. The molecule has 4 nitrogen and oxygen atoms in total. The van der Waals surface area contributed by atoms with E-state index in [1.165, 1.54) is 0 Å². The summed E-state index contributed by atoms with van der Waals surface area (Å²) in [5.74, 6) is -0.366. The highest BCUT2D eigenvalue weighted by atomic mass is 35.5. The number of pyridine rings is 1. The molecule has 5 heteroatoms. The van der Waals surface area contributed by atoms with Crippen LogP contribution in [-0.2, 0) is 9.53 Å². The highest BCUT2D eigenvalue weighted by molar-refractivity contribution is 6.30. The van der Waals surface area contributed by atoms with Gasteiger partial charge in [0.05, 0.1) is 23.7 Å². The molecule has 0 saturated heterocycles. The van der Waals surface area contributed by atoms with E-state index in [0.717, 1.165) is 0 Å². The Labute approximate surface area is 91.3 Å². The van der Waals surface area contributed by atoms with Crippen LogP contribution in [0, 0.1) is 0 Å². The van der Waals surface area contributed by atoms with Crippen molar-refractivity contribution in [2.24, 2.45) is 4.99 Å². The molecule has 0 N–H and O–H groups in total. The van der Waals surface area contributed by atoms with Crippen LogP contribution in [-0.4, -0.2) is 24.1 Å². The predicted molar refractivity (Wildman–Crippen MR) is 54.9 cm³/mol. The van der Waals surface area contributed by atoms with Crippen molar-refractivity contribution in [3.05, 3.63) is 28.0 Å².